The summed E-state index contributed by atoms with van der Waals surface area (Å²) in [5.41, 5.74) is 7.32. The van der Waals surface area contributed by atoms with E-state index in [2.05, 4.69) is 54.3 Å². The molecule has 2 N–H and O–H groups in total. The Balaban J connectivity index is 1.95. The number of nitrogens with two attached hydrogens (primary N) is 1. The Hall–Kier alpha value is -2.01. The summed E-state index contributed by atoms with van der Waals surface area (Å²) in [6.07, 6.45) is 1.84. The van der Waals surface area contributed by atoms with Gasteiger partial charge in [0.15, 0.2) is 5.82 Å². The molecule has 7 heteroatoms. The maximum absolute atomic E-state index is 6.04. The number of nitrogens with zero attached hydrogens (tertiary/aromatic N) is 4. The summed E-state index contributed by atoms with van der Waals surface area (Å²) >= 11 is 0. The molecule has 0 bridgehead atoms. The number of benzene rings is 1. The number of pyridine rings is 1. The number of fused-ring (bicyclic) bond motifs is 1. The minimum absolute atomic E-state index is 0.0291. The number of amidine groups is 1. The summed E-state index contributed by atoms with van der Waals surface area (Å²) in [5, 5.41) is 3.08. The third-order valence-corrected chi connectivity index (χ3v) is 4.98. The van der Waals surface area contributed by atoms with E-state index >= 15 is 0 Å². The SMILES string of the molecule is C/C(P)=C/C(N)=Nc1cc2cc(CN3CCN(C)CC3)ccc2c(OC(C)C)n1. The molecule has 156 valence electrons. The lowest BCUT2D eigenvalue weighted by molar-refractivity contribution is 0.148. The van der Waals surface area contributed by atoms with Crippen LogP contribution >= 0.6 is 9.24 Å². The number of allylic oxidation sites excluding steroid dienone is 1. The summed E-state index contributed by atoms with van der Waals surface area (Å²) in [5.74, 6) is 1.58. The average molecular weight is 414 g/mol. The molecular formula is C22H32N5OP. The van der Waals surface area contributed by atoms with Gasteiger partial charge in [-0.05, 0) is 63.0 Å². The molecule has 1 aromatic carbocycles. The monoisotopic (exact) mass is 413 g/mol. The topological polar surface area (TPSA) is 67.0 Å². The molecule has 1 atom stereocenters. The number of hydrogen-bond acceptors (Lipinski definition) is 5. The molecule has 29 heavy (non-hydrogen) atoms. The van der Waals surface area contributed by atoms with Crippen LogP contribution in [0.15, 0.2) is 40.6 Å². The van der Waals surface area contributed by atoms with Crippen molar-refractivity contribution in [1.29, 1.82) is 0 Å². The lowest BCUT2D eigenvalue weighted by Crippen LogP contribution is -2.43. The van der Waals surface area contributed by atoms with Crippen molar-refractivity contribution in [2.45, 2.75) is 33.4 Å². The number of piperazine rings is 1. The Morgan fingerprint density at radius 1 is 1.28 bits per heavy atom. The molecule has 1 aromatic heterocycles. The molecule has 1 saturated heterocycles. The van der Waals surface area contributed by atoms with Gasteiger partial charge in [0, 0.05) is 38.1 Å². The first-order valence-corrected chi connectivity index (χ1v) is 10.7. The Morgan fingerprint density at radius 3 is 2.66 bits per heavy atom. The van der Waals surface area contributed by atoms with Crippen molar-refractivity contribution >= 4 is 31.7 Å². The fourth-order valence-electron chi connectivity index (χ4n) is 3.39. The molecule has 2 heterocycles. The van der Waals surface area contributed by atoms with Crippen molar-refractivity contribution in [3.63, 3.8) is 0 Å². The van der Waals surface area contributed by atoms with Crippen LogP contribution in [0.2, 0.25) is 0 Å². The van der Waals surface area contributed by atoms with Crippen molar-refractivity contribution in [3.05, 3.63) is 41.2 Å². The Morgan fingerprint density at radius 2 is 2.00 bits per heavy atom. The molecule has 3 rings (SSSR count). The van der Waals surface area contributed by atoms with E-state index in [4.69, 9.17) is 10.5 Å². The van der Waals surface area contributed by atoms with Crippen molar-refractivity contribution in [1.82, 2.24) is 14.8 Å². The number of hydrogen-bond donors (Lipinski definition) is 1. The van der Waals surface area contributed by atoms with Gasteiger partial charge in [0.2, 0.25) is 5.88 Å². The highest BCUT2D eigenvalue weighted by Crippen LogP contribution is 2.30. The van der Waals surface area contributed by atoms with Crippen molar-refractivity contribution in [2.75, 3.05) is 33.2 Å². The van der Waals surface area contributed by atoms with E-state index in [0.29, 0.717) is 17.5 Å². The summed E-state index contributed by atoms with van der Waals surface area (Å²) in [6.45, 7) is 11.3. The smallest absolute Gasteiger partial charge is 0.223 e. The third-order valence-electron chi connectivity index (χ3n) is 4.82. The molecule has 1 aliphatic rings. The van der Waals surface area contributed by atoms with Crippen LogP contribution in [0.4, 0.5) is 5.82 Å². The highest BCUT2D eigenvalue weighted by molar-refractivity contribution is 7.22. The first kappa shape index (κ1) is 21.7. The van der Waals surface area contributed by atoms with Gasteiger partial charge in [0.05, 0.1) is 6.10 Å². The lowest BCUT2D eigenvalue weighted by Gasteiger charge is -2.32. The first-order chi connectivity index (χ1) is 13.8. The normalized spacial score (nSPS) is 17.3. The van der Waals surface area contributed by atoms with E-state index in [0.717, 1.165) is 48.8 Å². The molecule has 1 fully saturated rings. The standard InChI is InChI=1S/C22H32N5OP/c1-15(2)28-22-19-6-5-17(14-27-9-7-26(4)8-10-27)12-18(19)13-21(25-22)24-20(23)11-16(3)29/h5-6,11-13,15H,7-10,14,29H2,1-4H3,(H2,23,24,25)/b16-11-. The van der Waals surface area contributed by atoms with Crippen LogP contribution in [0.1, 0.15) is 26.3 Å². The molecule has 0 saturated carbocycles. The molecule has 1 aliphatic heterocycles. The van der Waals surface area contributed by atoms with Gasteiger partial charge in [-0.1, -0.05) is 11.4 Å². The fourth-order valence-corrected chi connectivity index (χ4v) is 3.56. The minimum Gasteiger partial charge on any atom is -0.474 e. The van der Waals surface area contributed by atoms with Crippen LogP contribution in [0.3, 0.4) is 0 Å². The zero-order valence-corrected chi connectivity index (χ0v) is 19.0. The van der Waals surface area contributed by atoms with E-state index in [1.54, 1.807) is 0 Å². The van der Waals surface area contributed by atoms with Gasteiger partial charge in [-0.2, -0.15) is 4.98 Å². The Labute approximate surface area is 176 Å². The number of likely N-dealkylation sites (N-methyl/N-ethyl adjacent to an activating group) is 1. The van der Waals surface area contributed by atoms with E-state index in [-0.39, 0.29) is 6.10 Å². The molecule has 0 aliphatic carbocycles. The van der Waals surface area contributed by atoms with Crippen LogP contribution in [-0.4, -0.2) is 60.0 Å². The second-order valence-corrected chi connectivity index (χ2v) is 8.92. The molecule has 1 unspecified atom stereocenters. The molecule has 0 amide bonds. The van der Waals surface area contributed by atoms with Crippen molar-refractivity contribution < 1.29 is 4.74 Å². The van der Waals surface area contributed by atoms with Crippen LogP contribution in [0, 0.1) is 0 Å². The van der Waals surface area contributed by atoms with Crippen LogP contribution in [0.5, 0.6) is 5.88 Å². The van der Waals surface area contributed by atoms with E-state index in [1.165, 1.54) is 5.56 Å². The zero-order chi connectivity index (χ0) is 21.0. The van der Waals surface area contributed by atoms with Gasteiger partial charge in [0.25, 0.3) is 0 Å². The third kappa shape index (κ3) is 6.23. The van der Waals surface area contributed by atoms with E-state index in [9.17, 15) is 0 Å². The average Bonchev–Trinajstić information content (AvgIpc) is 2.62. The first-order valence-electron chi connectivity index (χ1n) is 10.1. The number of aromatic nitrogens is 1. The van der Waals surface area contributed by atoms with Crippen molar-refractivity contribution in [2.24, 2.45) is 10.7 Å². The number of ether oxygens (including phenoxy) is 1. The van der Waals surface area contributed by atoms with Gasteiger partial charge in [-0.15, -0.1) is 9.24 Å². The summed E-state index contributed by atoms with van der Waals surface area (Å²) < 4.78 is 5.98. The van der Waals surface area contributed by atoms with Gasteiger partial charge in [0.1, 0.15) is 5.84 Å². The second-order valence-electron chi connectivity index (χ2n) is 8.01. The molecule has 6 nitrogen and oxygen atoms in total. The number of aliphatic imine (C=N–C) groups is 1. The second kappa shape index (κ2) is 9.66. The summed E-state index contributed by atoms with van der Waals surface area (Å²) in [4.78, 5) is 13.9. The predicted octanol–water partition coefficient (Wildman–Crippen LogP) is 3.54. The highest BCUT2D eigenvalue weighted by atomic mass is 31.0. The predicted molar refractivity (Wildman–Crippen MR) is 125 cm³/mol. The summed E-state index contributed by atoms with van der Waals surface area (Å²) in [7, 11) is 4.79. The van der Waals surface area contributed by atoms with Crippen LogP contribution < -0.4 is 10.5 Å². The quantitative estimate of drug-likeness (QED) is 0.446. The van der Waals surface area contributed by atoms with Gasteiger partial charge < -0.3 is 15.4 Å². The highest BCUT2D eigenvalue weighted by Gasteiger charge is 2.15. The fraction of sp³-hybridized carbons (Fsp3) is 0.455. The Kier molecular flexibility index (Phi) is 7.23. The van der Waals surface area contributed by atoms with E-state index in [1.807, 2.05) is 32.9 Å². The van der Waals surface area contributed by atoms with Gasteiger partial charge >= 0.3 is 0 Å². The van der Waals surface area contributed by atoms with Crippen molar-refractivity contribution in [3.8, 4) is 5.88 Å². The maximum Gasteiger partial charge on any atom is 0.223 e. The lowest BCUT2D eigenvalue weighted by atomic mass is 10.1. The van der Waals surface area contributed by atoms with Crippen LogP contribution in [0.25, 0.3) is 10.8 Å². The van der Waals surface area contributed by atoms with Crippen LogP contribution in [-0.2, 0) is 6.54 Å². The maximum atomic E-state index is 6.04. The van der Waals surface area contributed by atoms with Gasteiger partial charge in [-0.25, -0.2) is 4.99 Å². The zero-order valence-electron chi connectivity index (χ0n) is 17.9. The minimum atomic E-state index is 0.0291. The van der Waals surface area contributed by atoms with Gasteiger partial charge in [-0.3, -0.25) is 4.90 Å². The molecule has 0 radical (unpaired) electrons. The molecular weight excluding hydrogens is 381 g/mol. The Bertz CT molecular complexity index is 913. The number of rotatable bonds is 6. The summed E-state index contributed by atoms with van der Waals surface area (Å²) in [6, 6.07) is 8.48. The molecule has 0 spiro atoms. The molecule has 2 aromatic rings. The van der Waals surface area contributed by atoms with E-state index < -0.39 is 0 Å². The largest absolute Gasteiger partial charge is 0.474 e.